The van der Waals surface area contributed by atoms with Crippen LogP contribution in [-0.2, 0) is 6.42 Å². The normalized spacial score (nSPS) is 16.1. The number of methoxy groups -OCH3 is 1. The Labute approximate surface area is 169 Å². The van der Waals surface area contributed by atoms with Gasteiger partial charge in [-0.1, -0.05) is 19.1 Å². The lowest BCUT2D eigenvalue weighted by Crippen LogP contribution is -3.00. The van der Waals surface area contributed by atoms with Crippen LogP contribution in [-0.4, -0.2) is 74.0 Å². The highest BCUT2D eigenvalue weighted by Crippen LogP contribution is 2.28. The summed E-state index contributed by atoms with van der Waals surface area (Å²) in [6.45, 7) is 12.1. The Balaban J connectivity index is 0.00000312. The highest BCUT2D eigenvalue weighted by molar-refractivity contribution is 5.43. The van der Waals surface area contributed by atoms with Crippen LogP contribution in [0.5, 0.6) is 11.5 Å². The molecule has 0 aliphatic carbocycles. The predicted octanol–water partition coefficient (Wildman–Crippen LogP) is -4.19. The minimum Gasteiger partial charge on any atom is -1.00 e. The molecule has 0 saturated carbocycles. The fourth-order valence-electron chi connectivity index (χ4n) is 2.95. The van der Waals surface area contributed by atoms with E-state index in [4.69, 9.17) is 9.47 Å². The van der Waals surface area contributed by atoms with E-state index >= 15 is 0 Å². The zero-order valence-electron chi connectivity index (χ0n) is 15.7. The van der Waals surface area contributed by atoms with Gasteiger partial charge in [-0.15, -0.1) is 6.58 Å². The van der Waals surface area contributed by atoms with E-state index in [0.717, 1.165) is 44.7 Å². The van der Waals surface area contributed by atoms with Gasteiger partial charge >= 0.3 is 0 Å². The molecule has 1 saturated heterocycles. The lowest BCUT2D eigenvalue weighted by Gasteiger charge is -2.34. The third-order valence-electron chi connectivity index (χ3n) is 4.42. The number of hydrogen-bond acceptors (Lipinski definition) is 5. The van der Waals surface area contributed by atoms with Crippen molar-refractivity contribution in [1.82, 2.24) is 9.80 Å². The molecule has 0 radical (unpaired) electrons. The lowest BCUT2D eigenvalue weighted by molar-refractivity contribution is -0.001000. The molecule has 0 bridgehead atoms. The van der Waals surface area contributed by atoms with Gasteiger partial charge in [0.1, 0.15) is 12.7 Å². The van der Waals surface area contributed by atoms with Crippen molar-refractivity contribution < 1.29 is 39.4 Å². The summed E-state index contributed by atoms with van der Waals surface area (Å²) in [7, 11) is 1.63. The Morgan fingerprint density at radius 1 is 1.15 bits per heavy atom. The van der Waals surface area contributed by atoms with Crippen LogP contribution in [0.1, 0.15) is 12.5 Å². The quantitative estimate of drug-likeness (QED) is 0.423. The first-order valence-corrected chi connectivity index (χ1v) is 8.69. The van der Waals surface area contributed by atoms with Crippen LogP contribution in [0.3, 0.4) is 0 Å². The second-order valence-corrected chi connectivity index (χ2v) is 6.18. The van der Waals surface area contributed by atoms with Gasteiger partial charge in [-0.3, -0.25) is 4.90 Å². The summed E-state index contributed by atoms with van der Waals surface area (Å²) in [6, 6.07) is 5.84. The van der Waals surface area contributed by atoms with Crippen molar-refractivity contribution in [1.29, 1.82) is 0 Å². The monoisotopic (exact) mass is 404 g/mol. The van der Waals surface area contributed by atoms with Crippen LogP contribution in [0.2, 0.25) is 0 Å². The Morgan fingerprint density at radius 3 is 2.38 bits per heavy atom. The zero-order chi connectivity index (χ0) is 17.4. The molecular formula is C19H30Cl2N2O3-2. The van der Waals surface area contributed by atoms with Gasteiger partial charge in [0.15, 0.2) is 11.5 Å². The van der Waals surface area contributed by atoms with Gasteiger partial charge in [-0.2, -0.15) is 0 Å². The maximum atomic E-state index is 10.3. The van der Waals surface area contributed by atoms with Crippen LogP contribution < -0.4 is 34.3 Å². The fourth-order valence-corrected chi connectivity index (χ4v) is 2.95. The number of aliphatic hydroxyl groups is 1. The van der Waals surface area contributed by atoms with Gasteiger partial charge in [0.25, 0.3) is 0 Å². The van der Waals surface area contributed by atoms with Crippen molar-refractivity contribution in [3.63, 3.8) is 0 Å². The van der Waals surface area contributed by atoms with Crippen molar-refractivity contribution in [3.05, 3.63) is 36.4 Å². The van der Waals surface area contributed by atoms with E-state index in [-0.39, 0.29) is 31.4 Å². The van der Waals surface area contributed by atoms with Gasteiger partial charge in [0, 0.05) is 32.7 Å². The third kappa shape index (κ3) is 7.72. The van der Waals surface area contributed by atoms with E-state index in [2.05, 4.69) is 23.3 Å². The molecule has 1 aromatic carbocycles. The van der Waals surface area contributed by atoms with Crippen molar-refractivity contribution in [3.8, 4) is 11.5 Å². The van der Waals surface area contributed by atoms with Crippen LogP contribution in [0.4, 0.5) is 0 Å². The number of halogens is 2. The summed E-state index contributed by atoms with van der Waals surface area (Å²) in [4.78, 5) is 4.72. The molecule has 2 rings (SSSR count). The number of piperazine rings is 1. The Hall–Kier alpha value is -0.980. The molecule has 0 spiro atoms. The Kier molecular flexibility index (Phi) is 12.7. The highest BCUT2D eigenvalue weighted by atomic mass is 35.5. The van der Waals surface area contributed by atoms with Gasteiger partial charge in [0.05, 0.1) is 7.11 Å². The average Bonchev–Trinajstić information content (AvgIpc) is 2.61. The molecule has 7 heteroatoms. The SMILES string of the molecule is C=CCc1ccc(OCC(O)CN2CCN(CC)CC2)c(OC)c1.[Cl-].[Cl-]. The third-order valence-corrected chi connectivity index (χ3v) is 4.42. The smallest absolute Gasteiger partial charge is 0.161 e. The number of nitrogens with zero attached hydrogens (tertiary/aromatic N) is 2. The molecule has 1 aliphatic rings. The number of rotatable bonds is 9. The Morgan fingerprint density at radius 2 is 1.81 bits per heavy atom. The number of ether oxygens (including phenoxy) is 2. The van der Waals surface area contributed by atoms with E-state index < -0.39 is 6.10 Å². The summed E-state index contributed by atoms with van der Waals surface area (Å²) in [5.74, 6) is 1.36. The maximum Gasteiger partial charge on any atom is 0.161 e. The molecule has 1 aromatic rings. The molecule has 5 nitrogen and oxygen atoms in total. The summed E-state index contributed by atoms with van der Waals surface area (Å²) >= 11 is 0. The van der Waals surface area contributed by atoms with E-state index in [1.54, 1.807) is 7.11 Å². The number of benzene rings is 1. The molecule has 1 N–H and O–H groups in total. The minimum atomic E-state index is -0.504. The highest BCUT2D eigenvalue weighted by Gasteiger charge is 2.18. The molecule has 1 atom stereocenters. The molecule has 0 amide bonds. The number of β-amino-alcohol motifs (C(OH)–C–C–N with tert-alkyl or cyclic N) is 1. The second-order valence-electron chi connectivity index (χ2n) is 6.18. The standard InChI is InChI=1S/C19H30N2O3.2ClH/c1-4-6-16-7-8-18(19(13-16)23-3)24-15-17(22)14-21-11-9-20(5-2)10-12-21;;/h4,7-8,13,17,22H,1,5-6,9-12,14-15H2,2-3H3;2*1H/p-2. The Bertz CT molecular complexity index is 524. The van der Waals surface area contributed by atoms with Gasteiger partial charge in [-0.05, 0) is 30.7 Å². The molecule has 26 heavy (non-hydrogen) atoms. The van der Waals surface area contributed by atoms with Crippen molar-refractivity contribution in [2.75, 3.05) is 53.0 Å². The van der Waals surface area contributed by atoms with Crippen LogP contribution in [0.15, 0.2) is 30.9 Å². The summed E-state index contributed by atoms with van der Waals surface area (Å²) in [6.07, 6.45) is 2.15. The maximum absolute atomic E-state index is 10.3. The fraction of sp³-hybridized carbons (Fsp3) is 0.579. The van der Waals surface area contributed by atoms with Gasteiger partial charge < -0.3 is 44.3 Å². The van der Waals surface area contributed by atoms with Crippen LogP contribution >= 0.6 is 0 Å². The number of hydrogen-bond donors (Lipinski definition) is 1. The summed E-state index contributed by atoms with van der Waals surface area (Å²) in [5.41, 5.74) is 1.13. The molecule has 150 valence electrons. The van der Waals surface area contributed by atoms with E-state index in [1.807, 2.05) is 24.3 Å². The summed E-state index contributed by atoms with van der Waals surface area (Å²) < 4.78 is 11.2. The molecule has 1 fully saturated rings. The van der Waals surface area contributed by atoms with E-state index in [1.165, 1.54) is 0 Å². The molecule has 1 heterocycles. The first kappa shape index (κ1) is 25.0. The largest absolute Gasteiger partial charge is 1.00 e. The second kappa shape index (κ2) is 13.2. The van der Waals surface area contributed by atoms with Crippen LogP contribution in [0.25, 0.3) is 0 Å². The zero-order valence-corrected chi connectivity index (χ0v) is 17.2. The van der Waals surface area contributed by atoms with E-state index in [0.29, 0.717) is 18.0 Å². The molecule has 0 aromatic heterocycles. The molecular weight excluding hydrogens is 375 g/mol. The first-order valence-electron chi connectivity index (χ1n) is 8.69. The number of likely N-dealkylation sites (N-methyl/N-ethyl adjacent to an activating group) is 1. The van der Waals surface area contributed by atoms with Crippen LogP contribution in [0, 0.1) is 0 Å². The lowest BCUT2D eigenvalue weighted by atomic mass is 10.1. The molecule has 1 aliphatic heterocycles. The first-order chi connectivity index (χ1) is 11.7. The van der Waals surface area contributed by atoms with Gasteiger partial charge in [0.2, 0.25) is 0 Å². The summed E-state index contributed by atoms with van der Waals surface area (Å²) in [5, 5.41) is 10.3. The van der Waals surface area contributed by atoms with Gasteiger partial charge in [-0.25, -0.2) is 0 Å². The topological polar surface area (TPSA) is 45.2 Å². The minimum absolute atomic E-state index is 0. The average molecular weight is 405 g/mol. The number of allylic oxidation sites excluding steroid dienone is 1. The number of aliphatic hydroxyl groups excluding tert-OH is 1. The van der Waals surface area contributed by atoms with Crippen molar-refractivity contribution >= 4 is 0 Å². The van der Waals surface area contributed by atoms with E-state index in [9.17, 15) is 5.11 Å². The van der Waals surface area contributed by atoms with Crippen molar-refractivity contribution in [2.45, 2.75) is 19.4 Å². The van der Waals surface area contributed by atoms with Crippen molar-refractivity contribution in [2.24, 2.45) is 0 Å². The molecule has 1 unspecified atom stereocenters. The predicted molar refractivity (Wildman–Crippen MR) is 97.0 cm³/mol.